The first-order chi connectivity index (χ1) is 16.9. The lowest BCUT2D eigenvalue weighted by atomic mass is 10.1. The molecular formula is C27H25NO7. The van der Waals surface area contributed by atoms with E-state index in [1.54, 1.807) is 48.5 Å². The Kier molecular flexibility index (Phi) is 9.01. The van der Waals surface area contributed by atoms with Gasteiger partial charge in [0.1, 0.15) is 5.75 Å². The van der Waals surface area contributed by atoms with Gasteiger partial charge in [0, 0.05) is 11.3 Å². The first-order valence-corrected chi connectivity index (χ1v) is 10.9. The number of carbonyl (C=O) groups excluding carboxylic acids is 2. The maximum Gasteiger partial charge on any atom is 0.341 e. The molecule has 0 aliphatic rings. The summed E-state index contributed by atoms with van der Waals surface area (Å²) in [6.45, 7) is 1.60. The number of rotatable bonds is 12. The largest absolute Gasteiger partial charge is 0.490 e. The summed E-state index contributed by atoms with van der Waals surface area (Å²) >= 11 is 0. The highest BCUT2D eigenvalue weighted by molar-refractivity contribution is 6.06. The fourth-order valence-corrected chi connectivity index (χ4v) is 3.01. The van der Waals surface area contributed by atoms with E-state index in [1.807, 2.05) is 25.1 Å². The molecule has 0 spiro atoms. The molecule has 0 saturated heterocycles. The molecule has 0 bridgehead atoms. The average molecular weight is 475 g/mol. The van der Waals surface area contributed by atoms with Gasteiger partial charge in [0.25, 0.3) is 5.91 Å². The minimum atomic E-state index is -1.08. The number of carbonyl (C=O) groups is 3. The summed E-state index contributed by atoms with van der Waals surface area (Å²) in [6, 6.07) is 20.4. The molecule has 0 atom stereocenters. The first-order valence-electron chi connectivity index (χ1n) is 10.9. The Morgan fingerprint density at radius 1 is 0.857 bits per heavy atom. The van der Waals surface area contributed by atoms with E-state index < -0.39 is 12.6 Å². The van der Waals surface area contributed by atoms with Gasteiger partial charge in [-0.3, -0.25) is 9.59 Å². The van der Waals surface area contributed by atoms with Gasteiger partial charge in [-0.15, -0.1) is 0 Å². The number of allylic oxidation sites excluding steroid dienone is 1. The second kappa shape index (κ2) is 12.6. The molecule has 3 rings (SSSR count). The molecule has 8 heteroatoms. The molecule has 8 nitrogen and oxygen atoms in total. The summed E-state index contributed by atoms with van der Waals surface area (Å²) in [5.41, 5.74) is 1.82. The van der Waals surface area contributed by atoms with Gasteiger partial charge in [-0.2, -0.15) is 0 Å². The number of hydrogen-bond acceptors (Lipinski definition) is 6. The summed E-state index contributed by atoms with van der Waals surface area (Å²) < 4.78 is 16.3. The van der Waals surface area contributed by atoms with E-state index in [2.05, 4.69) is 5.32 Å². The highest BCUT2D eigenvalue weighted by Gasteiger charge is 2.10. The normalized spacial score (nSPS) is 10.5. The van der Waals surface area contributed by atoms with Gasteiger partial charge in [-0.25, -0.2) is 4.79 Å². The van der Waals surface area contributed by atoms with Gasteiger partial charge in [-0.1, -0.05) is 30.3 Å². The molecule has 0 aliphatic carbocycles. The third-order valence-corrected chi connectivity index (χ3v) is 4.61. The Hall–Kier alpha value is -4.59. The van der Waals surface area contributed by atoms with Crippen molar-refractivity contribution in [1.29, 1.82) is 0 Å². The van der Waals surface area contributed by atoms with E-state index in [0.29, 0.717) is 40.7 Å². The third kappa shape index (κ3) is 8.04. The minimum Gasteiger partial charge on any atom is -0.490 e. The number of amides is 1. The van der Waals surface area contributed by atoms with E-state index in [9.17, 15) is 14.4 Å². The lowest BCUT2D eigenvalue weighted by Crippen LogP contribution is -2.20. The van der Waals surface area contributed by atoms with Crippen LogP contribution in [0.15, 0.2) is 78.9 Å². The van der Waals surface area contributed by atoms with Crippen LogP contribution in [0.25, 0.3) is 6.08 Å². The summed E-state index contributed by atoms with van der Waals surface area (Å²) in [6.07, 6.45) is 3.07. The quantitative estimate of drug-likeness (QED) is 0.294. The molecule has 0 aromatic heterocycles. The monoisotopic (exact) mass is 475 g/mol. The van der Waals surface area contributed by atoms with Gasteiger partial charge in [0.15, 0.2) is 30.5 Å². The van der Waals surface area contributed by atoms with Crippen LogP contribution in [0.2, 0.25) is 0 Å². The van der Waals surface area contributed by atoms with Gasteiger partial charge < -0.3 is 24.6 Å². The highest BCUT2D eigenvalue weighted by Crippen LogP contribution is 2.29. The summed E-state index contributed by atoms with van der Waals surface area (Å²) in [4.78, 5) is 35.2. The molecule has 0 heterocycles. The fourth-order valence-electron chi connectivity index (χ4n) is 3.01. The van der Waals surface area contributed by atoms with Crippen molar-refractivity contribution in [1.82, 2.24) is 0 Å². The van der Waals surface area contributed by atoms with E-state index in [-0.39, 0.29) is 18.3 Å². The predicted octanol–water partition coefficient (Wildman–Crippen LogP) is 4.46. The van der Waals surface area contributed by atoms with Gasteiger partial charge in [0.05, 0.1) is 6.61 Å². The first kappa shape index (κ1) is 25.0. The number of ether oxygens (including phenoxy) is 3. The molecule has 0 saturated carbocycles. The lowest BCUT2D eigenvalue weighted by Gasteiger charge is -2.12. The molecule has 3 aromatic carbocycles. The van der Waals surface area contributed by atoms with E-state index in [1.165, 1.54) is 18.2 Å². The van der Waals surface area contributed by atoms with E-state index in [4.69, 9.17) is 19.3 Å². The summed E-state index contributed by atoms with van der Waals surface area (Å²) in [5.74, 6) is -0.378. The summed E-state index contributed by atoms with van der Waals surface area (Å²) in [7, 11) is 0. The average Bonchev–Trinajstić information content (AvgIpc) is 2.86. The number of aliphatic carboxylic acids is 1. The van der Waals surface area contributed by atoms with E-state index >= 15 is 0 Å². The number of hydrogen-bond donors (Lipinski definition) is 2. The van der Waals surface area contributed by atoms with Crippen molar-refractivity contribution in [2.24, 2.45) is 0 Å². The predicted molar refractivity (Wildman–Crippen MR) is 131 cm³/mol. The molecule has 0 radical (unpaired) electrons. The van der Waals surface area contributed by atoms with Crippen LogP contribution < -0.4 is 19.5 Å². The second-order valence-corrected chi connectivity index (χ2v) is 7.25. The van der Waals surface area contributed by atoms with E-state index in [0.717, 1.165) is 0 Å². The van der Waals surface area contributed by atoms with Crippen molar-refractivity contribution in [3.63, 3.8) is 0 Å². The fraction of sp³-hybridized carbons (Fsp3) is 0.148. The van der Waals surface area contributed by atoms with Crippen molar-refractivity contribution >= 4 is 29.4 Å². The van der Waals surface area contributed by atoms with Crippen LogP contribution in [0.3, 0.4) is 0 Å². The van der Waals surface area contributed by atoms with Crippen molar-refractivity contribution in [3.8, 4) is 17.2 Å². The zero-order valence-corrected chi connectivity index (χ0v) is 19.1. The third-order valence-electron chi connectivity index (χ3n) is 4.61. The second-order valence-electron chi connectivity index (χ2n) is 7.25. The van der Waals surface area contributed by atoms with Gasteiger partial charge in [0.2, 0.25) is 0 Å². The van der Waals surface area contributed by atoms with Crippen molar-refractivity contribution in [2.45, 2.75) is 6.92 Å². The lowest BCUT2D eigenvalue weighted by molar-refractivity contribution is -0.139. The number of anilines is 1. The van der Waals surface area contributed by atoms with Crippen LogP contribution in [-0.2, 0) is 9.59 Å². The Balaban J connectivity index is 1.61. The molecule has 1 amide bonds. The van der Waals surface area contributed by atoms with Crippen LogP contribution >= 0.6 is 0 Å². The molecule has 2 N–H and O–H groups in total. The van der Waals surface area contributed by atoms with Crippen LogP contribution in [0.1, 0.15) is 22.8 Å². The summed E-state index contributed by atoms with van der Waals surface area (Å²) in [5, 5.41) is 11.4. The van der Waals surface area contributed by atoms with Crippen LogP contribution in [-0.4, -0.2) is 42.6 Å². The Morgan fingerprint density at radius 3 is 2.29 bits per heavy atom. The molecule has 180 valence electrons. The number of benzene rings is 3. The van der Waals surface area contributed by atoms with Crippen LogP contribution in [0.5, 0.6) is 17.2 Å². The highest BCUT2D eigenvalue weighted by atomic mass is 16.5. The van der Waals surface area contributed by atoms with Gasteiger partial charge in [-0.05, 0) is 67.1 Å². The number of carboxylic acids is 1. The maximum atomic E-state index is 12.5. The smallest absolute Gasteiger partial charge is 0.341 e. The molecule has 3 aromatic rings. The number of para-hydroxylation sites is 1. The molecule has 0 fully saturated rings. The number of nitrogens with one attached hydrogen (secondary N) is 1. The van der Waals surface area contributed by atoms with Crippen LogP contribution in [0.4, 0.5) is 5.69 Å². The Bertz CT molecular complexity index is 1190. The number of carboxylic acid groups (broad SMARTS) is 1. The number of ketones is 1. The van der Waals surface area contributed by atoms with Crippen molar-refractivity contribution in [3.05, 3.63) is 90.0 Å². The zero-order chi connectivity index (χ0) is 25.0. The molecule has 0 unspecified atom stereocenters. The molecule has 0 aliphatic heterocycles. The van der Waals surface area contributed by atoms with Crippen molar-refractivity contribution in [2.75, 3.05) is 25.1 Å². The molecular weight excluding hydrogens is 450 g/mol. The SMILES string of the molecule is CCOc1cc(/C=C/C(=O)c2ccc(OCC(=O)O)cc2)ccc1OCC(=O)Nc1ccccc1. The van der Waals surface area contributed by atoms with Gasteiger partial charge >= 0.3 is 5.97 Å². The molecule has 35 heavy (non-hydrogen) atoms. The topological polar surface area (TPSA) is 111 Å². The standard InChI is InChI=1S/C27H25NO7/c1-2-33-25-16-19(8-14-23(29)20-10-12-22(13-11-20)34-18-27(31)32)9-15-24(25)35-17-26(30)28-21-6-4-3-5-7-21/h3-16H,2,17-18H2,1H3,(H,28,30)(H,31,32)/b14-8+. The Labute approximate surface area is 202 Å². The maximum absolute atomic E-state index is 12.5. The van der Waals surface area contributed by atoms with Crippen molar-refractivity contribution < 1.29 is 33.7 Å². The minimum absolute atomic E-state index is 0.186. The van der Waals surface area contributed by atoms with Crippen LogP contribution in [0, 0.1) is 0 Å². The Morgan fingerprint density at radius 2 is 1.60 bits per heavy atom. The zero-order valence-electron chi connectivity index (χ0n) is 19.1.